The number of halogens is 1. The summed E-state index contributed by atoms with van der Waals surface area (Å²) in [6.07, 6.45) is 13.0. The van der Waals surface area contributed by atoms with Crippen molar-refractivity contribution >= 4 is 10.8 Å². The van der Waals surface area contributed by atoms with Gasteiger partial charge in [0.1, 0.15) is 13.2 Å². The molecule has 190 valence electrons. The summed E-state index contributed by atoms with van der Waals surface area (Å²) in [7, 11) is 1.66. The van der Waals surface area contributed by atoms with E-state index in [2.05, 4.69) is 61.5 Å². The standard InChI is InChI=1S/C32H38FNO2/c1-30-14-13-26-20-25-9-10-27(34(2,35)18-17-33)21-31(25)15-16-32(26,36-31)29(30)12-11-28(30)24-8-7-22-5-3-4-6-23(22)19-24/h3-8,13,19-20,27-29H,9-12,14-18,21H2,1-2H3/t27-,28-,29-,30-,31-,32-,34?/m1/s1. The third-order valence-electron chi connectivity index (χ3n) is 11.1. The molecule has 2 spiro atoms. The van der Waals surface area contributed by atoms with Crippen molar-refractivity contribution in [3.8, 4) is 0 Å². The van der Waals surface area contributed by atoms with Crippen molar-refractivity contribution in [1.29, 1.82) is 0 Å². The predicted molar refractivity (Wildman–Crippen MR) is 142 cm³/mol. The van der Waals surface area contributed by atoms with E-state index in [1.165, 1.54) is 40.3 Å². The van der Waals surface area contributed by atoms with E-state index < -0.39 is 11.3 Å². The van der Waals surface area contributed by atoms with Gasteiger partial charge in [0.15, 0.2) is 0 Å². The highest BCUT2D eigenvalue weighted by atomic mass is 19.1. The number of fused-ring (bicyclic) bond motifs is 2. The Hall–Kier alpha value is -2.01. The Morgan fingerprint density at radius 2 is 1.92 bits per heavy atom. The van der Waals surface area contributed by atoms with Gasteiger partial charge in [-0.2, -0.15) is 0 Å². The number of hydrogen-bond donors (Lipinski definition) is 0. The smallest absolute Gasteiger partial charge is 0.139 e. The van der Waals surface area contributed by atoms with E-state index in [4.69, 9.17) is 4.74 Å². The van der Waals surface area contributed by atoms with E-state index in [-0.39, 0.29) is 29.2 Å². The molecule has 3 nitrogen and oxygen atoms in total. The van der Waals surface area contributed by atoms with Gasteiger partial charge in [-0.15, -0.1) is 0 Å². The molecule has 7 atom stereocenters. The van der Waals surface area contributed by atoms with Gasteiger partial charge in [-0.25, -0.2) is 4.39 Å². The van der Waals surface area contributed by atoms with Crippen LogP contribution < -0.4 is 0 Å². The molecule has 0 amide bonds. The molecular formula is C32H38FNO2. The van der Waals surface area contributed by atoms with Crippen LogP contribution in [0.15, 0.2) is 65.8 Å². The third kappa shape index (κ3) is 3.07. The molecule has 0 radical (unpaired) electrons. The number of nitrogens with zero attached hydrogens (tertiary/aromatic N) is 1. The number of alkyl halides is 1. The van der Waals surface area contributed by atoms with Crippen LogP contribution in [0.1, 0.15) is 69.8 Å². The Bertz CT molecular complexity index is 1280. The molecule has 4 heteroatoms. The topological polar surface area (TPSA) is 32.3 Å². The minimum atomic E-state index is -0.555. The summed E-state index contributed by atoms with van der Waals surface area (Å²) < 4.78 is 20.0. The fourth-order valence-electron chi connectivity index (χ4n) is 9.17. The molecule has 3 fully saturated rings. The zero-order valence-electron chi connectivity index (χ0n) is 21.6. The van der Waals surface area contributed by atoms with Crippen molar-refractivity contribution in [2.45, 2.75) is 81.5 Å². The van der Waals surface area contributed by atoms with E-state index in [1.807, 2.05) is 0 Å². The number of allylic oxidation sites excluding steroid dienone is 1. The van der Waals surface area contributed by atoms with E-state index in [0.717, 1.165) is 38.5 Å². The zero-order valence-corrected chi connectivity index (χ0v) is 21.6. The van der Waals surface area contributed by atoms with Crippen LogP contribution in [0.4, 0.5) is 4.39 Å². The van der Waals surface area contributed by atoms with Gasteiger partial charge in [-0.1, -0.05) is 61.5 Å². The first kappa shape index (κ1) is 23.1. The van der Waals surface area contributed by atoms with Crippen LogP contribution in [-0.4, -0.2) is 42.2 Å². The summed E-state index contributed by atoms with van der Waals surface area (Å²) in [5.41, 5.74) is 3.89. The molecule has 2 bridgehead atoms. The molecule has 2 aromatic rings. The molecule has 5 aliphatic rings. The third-order valence-corrected chi connectivity index (χ3v) is 11.1. The highest BCUT2D eigenvalue weighted by molar-refractivity contribution is 5.83. The second-order valence-corrected chi connectivity index (χ2v) is 12.8. The number of quaternary nitrogens is 1. The van der Waals surface area contributed by atoms with E-state index in [9.17, 15) is 9.60 Å². The molecule has 1 saturated heterocycles. The average molecular weight is 488 g/mol. The quantitative estimate of drug-likeness (QED) is 0.333. The number of hydroxylamine groups is 3. The van der Waals surface area contributed by atoms with Crippen molar-refractivity contribution in [3.05, 3.63) is 76.5 Å². The van der Waals surface area contributed by atoms with Crippen molar-refractivity contribution in [1.82, 2.24) is 0 Å². The summed E-state index contributed by atoms with van der Waals surface area (Å²) in [6.45, 7) is 2.00. The Balaban J connectivity index is 1.24. The van der Waals surface area contributed by atoms with Crippen LogP contribution in [0.2, 0.25) is 0 Å². The SMILES string of the molecule is C[C@]12CC=C3C=C4CC[C@@H]([N+](C)([O-])CCF)C[C@]45CC[C@]3(O5)[C@@H]1CC[C@@H]2c1ccc2ccccc2c1. The molecule has 2 aliphatic heterocycles. The van der Waals surface area contributed by atoms with Crippen LogP contribution in [0.25, 0.3) is 10.8 Å². The van der Waals surface area contributed by atoms with E-state index in [0.29, 0.717) is 11.8 Å². The van der Waals surface area contributed by atoms with Gasteiger partial charge in [0.05, 0.1) is 24.3 Å². The van der Waals surface area contributed by atoms with Crippen molar-refractivity contribution in [3.63, 3.8) is 0 Å². The predicted octanol–water partition coefficient (Wildman–Crippen LogP) is 7.36. The summed E-state index contributed by atoms with van der Waals surface area (Å²) in [6, 6.07) is 15.7. The van der Waals surface area contributed by atoms with E-state index >= 15 is 0 Å². The van der Waals surface area contributed by atoms with Gasteiger partial charge in [0, 0.05) is 12.8 Å². The number of hydrogen-bond acceptors (Lipinski definition) is 2. The largest absolute Gasteiger partial charge is 0.633 e. The van der Waals surface area contributed by atoms with Gasteiger partial charge in [0.2, 0.25) is 0 Å². The van der Waals surface area contributed by atoms with Gasteiger partial charge >= 0.3 is 0 Å². The van der Waals surface area contributed by atoms with Crippen LogP contribution in [0, 0.1) is 16.5 Å². The maximum atomic E-state index is 13.2. The highest BCUT2D eigenvalue weighted by Gasteiger charge is 2.67. The molecule has 7 rings (SSSR count). The average Bonchev–Trinajstić information content (AvgIpc) is 3.38. The lowest BCUT2D eigenvalue weighted by molar-refractivity contribution is -0.888. The van der Waals surface area contributed by atoms with Crippen molar-refractivity contribution in [2.24, 2.45) is 11.3 Å². The number of benzene rings is 2. The van der Waals surface area contributed by atoms with E-state index in [1.54, 1.807) is 7.05 Å². The minimum Gasteiger partial charge on any atom is -0.633 e. The second kappa shape index (κ2) is 7.75. The molecule has 1 unspecified atom stereocenters. The van der Waals surface area contributed by atoms with Gasteiger partial charge < -0.3 is 14.6 Å². The van der Waals surface area contributed by atoms with Crippen molar-refractivity contribution in [2.75, 3.05) is 20.3 Å². The van der Waals surface area contributed by atoms with Gasteiger partial charge in [-0.05, 0) is 83.3 Å². The first-order valence-electron chi connectivity index (χ1n) is 14.0. The molecular weight excluding hydrogens is 449 g/mol. The lowest BCUT2D eigenvalue weighted by Crippen LogP contribution is -2.58. The lowest BCUT2D eigenvalue weighted by Gasteiger charge is -2.56. The Kier molecular flexibility index (Phi) is 4.98. The minimum absolute atomic E-state index is 0.0459. The fourth-order valence-corrected chi connectivity index (χ4v) is 9.17. The summed E-state index contributed by atoms with van der Waals surface area (Å²) in [4.78, 5) is 0. The first-order valence-corrected chi connectivity index (χ1v) is 14.0. The monoisotopic (exact) mass is 487 g/mol. The molecule has 2 saturated carbocycles. The Morgan fingerprint density at radius 1 is 1.08 bits per heavy atom. The molecule has 2 aromatic carbocycles. The molecule has 3 aliphatic carbocycles. The maximum Gasteiger partial charge on any atom is 0.139 e. The zero-order chi connectivity index (χ0) is 24.8. The van der Waals surface area contributed by atoms with Crippen LogP contribution >= 0.6 is 0 Å². The fraction of sp³-hybridized carbons (Fsp3) is 0.562. The van der Waals surface area contributed by atoms with Crippen LogP contribution in [-0.2, 0) is 4.74 Å². The molecule has 0 N–H and O–H groups in total. The van der Waals surface area contributed by atoms with Crippen molar-refractivity contribution < 1.29 is 13.8 Å². The Labute approximate surface area is 214 Å². The highest BCUT2D eigenvalue weighted by Crippen LogP contribution is 2.69. The lowest BCUT2D eigenvalue weighted by atomic mass is 9.58. The maximum absolute atomic E-state index is 13.2. The second-order valence-electron chi connectivity index (χ2n) is 12.8. The normalized spacial score (nSPS) is 40.6. The molecule has 2 heterocycles. The first-order chi connectivity index (χ1) is 17.3. The summed E-state index contributed by atoms with van der Waals surface area (Å²) in [5.74, 6) is 1.01. The van der Waals surface area contributed by atoms with Gasteiger partial charge in [-0.3, -0.25) is 0 Å². The summed E-state index contributed by atoms with van der Waals surface area (Å²) in [5, 5.41) is 15.9. The molecule has 36 heavy (non-hydrogen) atoms. The van der Waals surface area contributed by atoms with Crippen LogP contribution in [0.5, 0.6) is 0 Å². The Morgan fingerprint density at radius 3 is 2.75 bits per heavy atom. The number of ether oxygens (including phenoxy) is 1. The van der Waals surface area contributed by atoms with Gasteiger partial charge in [0.25, 0.3) is 0 Å². The molecule has 0 aromatic heterocycles. The summed E-state index contributed by atoms with van der Waals surface area (Å²) >= 11 is 0. The van der Waals surface area contributed by atoms with Crippen LogP contribution in [0.3, 0.4) is 0 Å². The number of rotatable bonds is 4.